The highest BCUT2D eigenvalue weighted by Gasteiger charge is 2.15. The minimum absolute atomic E-state index is 0.438. The minimum Gasteiger partial charge on any atom is -0.348 e. The Kier molecular flexibility index (Phi) is 12.4. The molecular formula is C45H46N4. The van der Waals surface area contributed by atoms with Gasteiger partial charge in [-0.3, -0.25) is 0 Å². The van der Waals surface area contributed by atoms with Crippen LogP contribution >= 0.6 is 0 Å². The van der Waals surface area contributed by atoms with Gasteiger partial charge in [-0.05, 0) is 66.3 Å². The summed E-state index contributed by atoms with van der Waals surface area (Å²) in [4.78, 5) is 11.7. The van der Waals surface area contributed by atoms with Crippen molar-refractivity contribution < 1.29 is 0 Å². The molecule has 0 aliphatic heterocycles. The van der Waals surface area contributed by atoms with Crippen molar-refractivity contribution >= 4 is 0 Å². The Bertz CT molecular complexity index is 1790. The summed E-state index contributed by atoms with van der Waals surface area (Å²) in [6, 6.07) is 53.9. The van der Waals surface area contributed by atoms with Crippen LogP contribution in [0.25, 0.3) is 0 Å². The van der Waals surface area contributed by atoms with Gasteiger partial charge in [0.15, 0.2) is 0 Å². The number of benzene rings is 5. The van der Waals surface area contributed by atoms with Crippen LogP contribution in [0.15, 0.2) is 177 Å². The molecule has 2 heterocycles. The molecule has 7 rings (SSSR count). The lowest BCUT2D eigenvalue weighted by Crippen LogP contribution is -2.05. The quantitative estimate of drug-likeness (QED) is 0.128. The number of hydrogen-bond donors (Lipinski definition) is 1. The highest BCUT2D eigenvalue weighted by atomic mass is 15.0. The third kappa shape index (κ3) is 10.0. The van der Waals surface area contributed by atoms with Crippen LogP contribution in [0.3, 0.4) is 0 Å². The number of aryl methyl sites for hydroxylation is 2. The largest absolute Gasteiger partial charge is 0.348 e. The van der Waals surface area contributed by atoms with Gasteiger partial charge in [-0.15, -0.1) is 0 Å². The van der Waals surface area contributed by atoms with Gasteiger partial charge in [0.1, 0.15) is 0 Å². The van der Waals surface area contributed by atoms with Crippen LogP contribution in [-0.2, 0) is 19.4 Å². The molecule has 0 atom stereocenters. The number of aromatic amines is 1. The molecule has 0 aliphatic rings. The lowest BCUT2D eigenvalue weighted by Gasteiger charge is -2.18. The molecule has 0 saturated heterocycles. The molecule has 0 radical (unpaired) electrons. The molecule has 0 bridgehead atoms. The standard InChI is InChI=1S/C26H26N2.C19H20N2/c1-4-11-22(12-5-1)20-28-21-27-19-25(28)17-10-18-26(23-13-6-2-7-14-23)24-15-8-3-9-16-24;1-3-8-16(9-4-1)19(17-10-5-2-6-11-17)13-7-12-18-14-20-15-21-18/h1-9,11-16,19,21,26H,10,17-18,20H2;1-6,8-11,14-15,19H,7,12-13H2,(H,20,21). The van der Waals surface area contributed by atoms with E-state index in [9.17, 15) is 0 Å². The van der Waals surface area contributed by atoms with E-state index in [0.29, 0.717) is 11.8 Å². The number of H-pyrrole nitrogens is 1. The molecule has 1 N–H and O–H groups in total. The van der Waals surface area contributed by atoms with Crippen molar-refractivity contribution in [1.82, 2.24) is 19.5 Å². The summed E-state index contributed by atoms with van der Waals surface area (Å²) in [6.45, 7) is 0.886. The Morgan fingerprint density at radius 1 is 0.490 bits per heavy atom. The van der Waals surface area contributed by atoms with E-state index in [2.05, 4.69) is 171 Å². The smallest absolute Gasteiger partial charge is 0.0951 e. The van der Waals surface area contributed by atoms with E-state index in [1.165, 1.54) is 39.2 Å². The number of nitrogens with zero attached hydrogens (tertiary/aromatic N) is 3. The zero-order chi connectivity index (χ0) is 33.4. The number of nitrogens with one attached hydrogen (secondary N) is 1. The molecule has 0 fully saturated rings. The highest BCUT2D eigenvalue weighted by molar-refractivity contribution is 5.33. The molecule has 4 heteroatoms. The number of rotatable bonds is 14. The maximum Gasteiger partial charge on any atom is 0.0951 e. The van der Waals surface area contributed by atoms with Crippen molar-refractivity contribution in [3.05, 3.63) is 216 Å². The summed E-state index contributed by atoms with van der Waals surface area (Å²) >= 11 is 0. The van der Waals surface area contributed by atoms with Crippen LogP contribution in [0.5, 0.6) is 0 Å². The van der Waals surface area contributed by atoms with E-state index in [4.69, 9.17) is 0 Å². The van der Waals surface area contributed by atoms with Gasteiger partial charge in [-0.1, -0.05) is 152 Å². The molecule has 0 saturated carbocycles. The molecule has 7 aromatic rings. The average molecular weight is 643 g/mol. The summed E-state index contributed by atoms with van der Waals surface area (Å²) in [5.41, 5.74) is 9.42. The Morgan fingerprint density at radius 2 is 0.939 bits per heavy atom. The molecule has 2 aromatic heterocycles. The Hall–Kier alpha value is -5.48. The summed E-state index contributed by atoms with van der Waals surface area (Å²) in [5.74, 6) is 0.906. The Morgan fingerprint density at radius 3 is 1.39 bits per heavy atom. The monoisotopic (exact) mass is 642 g/mol. The van der Waals surface area contributed by atoms with Gasteiger partial charge in [0.05, 0.1) is 12.7 Å². The Balaban J connectivity index is 0.000000177. The fourth-order valence-electron chi connectivity index (χ4n) is 6.68. The molecule has 4 nitrogen and oxygen atoms in total. The maximum atomic E-state index is 4.40. The van der Waals surface area contributed by atoms with E-state index in [1.807, 2.05) is 18.7 Å². The second kappa shape index (κ2) is 18.2. The van der Waals surface area contributed by atoms with Gasteiger partial charge in [0.25, 0.3) is 0 Å². The minimum atomic E-state index is 0.438. The molecule has 5 aromatic carbocycles. The van der Waals surface area contributed by atoms with Crippen LogP contribution in [0.1, 0.15) is 76.7 Å². The van der Waals surface area contributed by atoms with Crippen molar-refractivity contribution in [2.75, 3.05) is 0 Å². The normalized spacial score (nSPS) is 11.0. The van der Waals surface area contributed by atoms with Crippen molar-refractivity contribution in [1.29, 1.82) is 0 Å². The maximum absolute atomic E-state index is 4.40. The molecule has 0 unspecified atom stereocenters. The number of aromatic nitrogens is 4. The fraction of sp³-hybridized carbons (Fsp3) is 0.200. The van der Waals surface area contributed by atoms with Gasteiger partial charge in [0.2, 0.25) is 0 Å². The SMILES string of the molecule is c1ccc(C(CCCc2cnc[nH]2)c2ccccc2)cc1.c1ccc(Cn2cncc2CCCC(c2ccccc2)c2ccccc2)cc1. The number of hydrogen-bond acceptors (Lipinski definition) is 2. The lowest BCUT2D eigenvalue weighted by molar-refractivity contribution is 0.633. The van der Waals surface area contributed by atoms with Gasteiger partial charge in [0, 0.05) is 42.2 Å². The van der Waals surface area contributed by atoms with Gasteiger partial charge in [-0.25, -0.2) is 9.97 Å². The lowest BCUT2D eigenvalue weighted by atomic mass is 9.87. The van der Waals surface area contributed by atoms with Crippen LogP contribution in [0.2, 0.25) is 0 Å². The first-order valence-corrected chi connectivity index (χ1v) is 17.5. The highest BCUT2D eigenvalue weighted by Crippen LogP contribution is 2.31. The van der Waals surface area contributed by atoms with Crippen LogP contribution < -0.4 is 0 Å². The summed E-state index contributed by atoms with van der Waals surface area (Å²) in [5, 5.41) is 0. The summed E-state index contributed by atoms with van der Waals surface area (Å²) in [7, 11) is 0. The Labute approximate surface area is 291 Å². The van der Waals surface area contributed by atoms with Crippen molar-refractivity contribution in [3.8, 4) is 0 Å². The third-order valence-corrected chi connectivity index (χ3v) is 9.22. The van der Waals surface area contributed by atoms with Crippen LogP contribution in [0.4, 0.5) is 0 Å². The van der Waals surface area contributed by atoms with Crippen molar-refractivity contribution in [2.24, 2.45) is 0 Å². The van der Waals surface area contributed by atoms with Gasteiger partial charge >= 0.3 is 0 Å². The topological polar surface area (TPSA) is 46.5 Å². The second-order valence-corrected chi connectivity index (χ2v) is 12.6. The van der Waals surface area contributed by atoms with E-state index in [-0.39, 0.29) is 0 Å². The molecule has 0 aliphatic carbocycles. The fourth-order valence-corrected chi connectivity index (χ4v) is 6.68. The predicted molar refractivity (Wildman–Crippen MR) is 202 cm³/mol. The van der Waals surface area contributed by atoms with Gasteiger partial charge in [-0.2, -0.15) is 0 Å². The van der Waals surface area contributed by atoms with Crippen molar-refractivity contribution in [3.63, 3.8) is 0 Å². The summed E-state index contributed by atoms with van der Waals surface area (Å²) in [6.07, 6.45) is 14.3. The predicted octanol–water partition coefficient (Wildman–Crippen LogP) is 10.7. The van der Waals surface area contributed by atoms with E-state index < -0.39 is 0 Å². The molecular weight excluding hydrogens is 597 g/mol. The first-order chi connectivity index (χ1) is 24.3. The first kappa shape index (κ1) is 33.4. The molecule has 49 heavy (non-hydrogen) atoms. The molecule has 246 valence electrons. The van der Waals surface area contributed by atoms with Gasteiger partial charge < -0.3 is 9.55 Å². The molecule has 0 amide bonds. The average Bonchev–Trinajstić information content (AvgIpc) is 3.86. The van der Waals surface area contributed by atoms with Crippen LogP contribution in [0, 0.1) is 0 Å². The zero-order valence-electron chi connectivity index (χ0n) is 28.2. The van der Waals surface area contributed by atoms with E-state index in [1.54, 1.807) is 6.33 Å². The third-order valence-electron chi connectivity index (χ3n) is 9.22. The number of imidazole rings is 2. The van der Waals surface area contributed by atoms with Crippen molar-refractivity contribution in [2.45, 2.75) is 56.9 Å². The van der Waals surface area contributed by atoms with E-state index in [0.717, 1.165) is 45.1 Å². The van der Waals surface area contributed by atoms with Crippen LogP contribution in [-0.4, -0.2) is 19.5 Å². The summed E-state index contributed by atoms with van der Waals surface area (Å²) < 4.78 is 2.27. The first-order valence-electron chi connectivity index (χ1n) is 17.5. The van der Waals surface area contributed by atoms with E-state index >= 15 is 0 Å². The molecule has 0 spiro atoms. The zero-order valence-corrected chi connectivity index (χ0v) is 28.2. The second-order valence-electron chi connectivity index (χ2n) is 12.6.